The zero-order valence-corrected chi connectivity index (χ0v) is 14.6. The molecule has 0 aromatic rings. The number of carbonyl (C=O) groups is 1. The van der Waals surface area contributed by atoms with Crippen molar-refractivity contribution in [1.82, 2.24) is 0 Å². The van der Waals surface area contributed by atoms with Crippen LogP contribution in [-0.4, -0.2) is 28.7 Å². The summed E-state index contributed by atoms with van der Waals surface area (Å²) >= 11 is 0. The van der Waals surface area contributed by atoms with Crippen molar-refractivity contribution in [3.05, 3.63) is 24.3 Å². The number of ketones is 1. The molecular formula is C20H30O3. The lowest BCUT2D eigenvalue weighted by molar-refractivity contribution is -0.173. The summed E-state index contributed by atoms with van der Waals surface area (Å²) in [6.45, 7) is 10.2. The molecule has 3 nitrogen and oxygen atoms in total. The highest BCUT2D eigenvalue weighted by molar-refractivity contribution is 5.85. The number of Topliss-reactive ketones (excluding diaryl/α,β-unsaturated/α-hetero) is 1. The van der Waals surface area contributed by atoms with Gasteiger partial charge in [-0.3, -0.25) is 4.79 Å². The average Bonchev–Trinajstić information content (AvgIpc) is 2.52. The summed E-state index contributed by atoms with van der Waals surface area (Å²) < 4.78 is 0. The molecule has 3 aliphatic carbocycles. The van der Waals surface area contributed by atoms with E-state index in [1.165, 1.54) is 5.57 Å². The van der Waals surface area contributed by atoms with Crippen molar-refractivity contribution in [3.8, 4) is 0 Å². The zero-order chi connectivity index (χ0) is 17.0. The third kappa shape index (κ3) is 2.27. The molecule has 0 radical (unpaired) electrons. The molecular weight excluding hydrogens is 288 g/mol. The second-order valence-electron chi connectivity index (χ2n) is 8.83. The van der Waals surface area contributed by atoms with Gasteiger partial charge in [-0.25, -0.2) is 0 Å². The molecule has 0 aliphatic heterocycles. The highest BCUT2D eigenvalue weighted by atomic mass is 16.3. The van der Waals surface area contributed by atoms with E-state index in [-0.39, 0.29) is 29.1 Å². The van der Waals surface area contributed by atoms with Gasteiger partial charge >= 0.3 is 0 Å². The monoisotopic (exact) mass is 318 g/mol. The fraction of sp³-hybridized carbons (Fsp3) is 0.750. The number of rotatable bonds is 2. The van der Waals surface area contributed by atoms with Crippen LogP contribution in [0.25, 0.3) is 0 Å². The van der Waals surface area contributed by atoms with E-state index in [0.717, 1.165) is 25.7 Å². The van der Waals surface area contributed by atoms with Gasteiger partial charge in [0.05, 0.1) is 6.61 Å². The third-order valence-corrected chi connectivity index (χ3v) is 7.34. The van der Waals surface area contributed by atoms with Gasteiger partial charge in [-0.05, 0) is 42.9 Å². The third-order valence-electron chi connectivity index (χ3n) is 7.34. The summed E-state index contributed by atoms with van der Waals surface area (Å²) in [5, 5.41) is 20.4. The first-order chi connectivity index (χ1) is 10.7. The summed E-state index contributed by atoms with van der Waals surface area (Å²) in [6, 6.07) is 0. The molecule has 6 atom stereocenters. The van der Waals surface area contributed by atoms with E-state index in [1.54, 1.807) is 0 Å². The Labute approximate surface area is 139 Å². The van der Waals surface area contributed by atoms with E-state index < -0.39 is 11.5 Å². The molecule has 0 aromatic carbocycles. The van der Waals surface area contributed by atoms with Crippen molar-refractivity contribution in [2.24, 2.45) is 28.1 Å². The number of aliphatic hydroxyl groups excluding tert-OH is 2. The smallest absolute Gasteiger partial charge is 0.162 e. The van der Waals surface area contributed by atoms with Crippen LogP contribution in [0.3, 0.4) is 0 Å². The standard InChI is InChI=1S/C20H30O3/c1-5-18(2)9-8-14-13(10-18)6-7-16-19(14,3)11-15(22)17(23)20(16,4)12-21/h5,10,14,16-17,21,23H,1,6-9,11-12H2,2-4H3/t14?,16-,17+,18+,19?,20+/m1/s1. The molecule has 0 spiro atoms. The van der Waals surface area contributed by atoms with E-state index in [9.17, 15) is 15.0 Å². The Morgan fingerprint density at radius 3 is 2.65 bits per heavy atom. The Kier molecular flexibility index (Phi) is 3.89. The first kappa shape index (κ1) is 16.9. The lowest BCUT2D eigenvalue weighted by Gasteiger charge is -2.60. The van der Waals surface area contributed by atoms with E-state index >= 15 is 0 Å². The molecule has 3 heteroatoms. The van der Waals surface area contributed by atoms with Crippen LogP contribution < -0.4 is 0 Å². The lowest BCUT2D eigenvalue weighted by atomic mass is 9.44. The molecule has 128 valence electrons. The predicted molar refractivity (Wildman–Crippen MR) is 90.8 cm³/mol. The normalized spacial score (nSPS) is 49.9. The molecule has 23 heavy (non-hydrogen) atoms. The van der Waals surface area contributed by atoms with Crippen LogP contribution in [0, 0.1) is 28.1 Å². The highest BCUT2D eigenvalue weighted by Crippen LogP contribution is 2.63. The molecule has 3 aliphatic rings. The number of allylic oxidation sites excluding steroid dienone is 3. The molecule has 2 saturated carbocycles. The topological polar surface area (TPSA) is 57.5 Å². The molecule has 2 unspecified atom stereocenters. The van der Waals surface area contributed by atoms with E-state index in [0.29, 0.717) is 12.3 Å². The maximum Gasteiger partial charge on any atom is 0.162 e. The summed E-state index contributed by atoms with van der Waals surface area (Å²) in [5.41, 5.74) is 0.657. The quantitative estimate of drug-likeness (QED) is 0.768. The van der Waals surface area contributed by atoms with Crippen LogP contribution in [0.4, 0.5) is 0 Å². The molecule has 2 fully saturated rings. The van der Waals surface area contributed by atoms with Crippen LogP contribution >= 0.6 is 0 Å². The Bertz CT molecular complexity index is 565. The molecule has 0 saturated heterocycles. The largest absolute Gasteiger partial charge is 0.396 e. The number of carbonyl (C=O) groups excluding carboxylic acids is 1. The van der Waals surface area contributed by atoms with Gasteiger partial charge in [0.15, 0.2) is 5.78 Å². The van der Waals surface area contributed by atoms with Gasteiger partial charge in [0.2, 0.25) is 0 Å². The molecule has 0 bridgehead atoms. The Morgan fingerprint density at radius 2 is 2.04 bits per heavy atom. The minimum Gasteiger partial charge on any atom is -0.396 e. The van der Waals surface area contributed by atoms with E-state index in [1.807, 2.05) is 13.0 Å². The Hall–Kier alpha value is -0.930. The lowest BCUT2D eigenvalue weighted by Crippen LogP contribution is -2.61. The Morgan fingerprint density at radius 1 is 1.35 bits per heavy atom. The van der Waals surface area contributed by atoms with Crippen molar-refractivity contribution in [2.75, 3.05) is 6.61 Å². The van der Waals surface area contributed by atoms with Crippen molar-refractivity contribution in [3.63, 3.8) is 0 Å². The first-order valence-corrected chi connectivity index (χ1v) is 8.87. The van der Waals surface area contributed by atoms with Gasteiger partial charge in [0.25, 0.3) is 0 Å². The fourth-order valence-corrected chi connectivity index (χ4v) is 5.84. The van der Waals surface area contributed by atoms with Crippen LogP contribution in [0.5, 0.6) is 0 Å². The van der Waals surface area contributed by atoms with E-state index in [2.05, 4.69) is 26.5 Å². The SMILES string of the molecule is C=C[C@]1(C)C=C2CC[C@@H]3C(C)(CC(=O)[C@H](O)[C@@]3(C)CO)C2CC1. The van der Waals surface area contributed by atoms with Crippen LogP contribution in [0.2, 0.25) is 0 Å². The van der Waals surface area contributed by atoms with Gasteiger partial charge in [-0.1, -0.05) is 38.5 Å². The van der Waals surface area contributed by atoms with E-state index in [4.69, 9.17) is 0 Å². The fourth-order valence-electron chi connectivity index (χ4n) is 5.84. The van der Waals surface area contributed by atoms with Crippen molar-refractivity contribution in [2.45, 2.75) is 59.0 Å². The van der Waals surface area contributed by atoms with Crippen molar-refractivity contribution < 1.29 is 15.0 Å². The molecule has 0 aromatic heterocycles. The van der Waals surface area contributed by atoms with Crippen molar-refractivity contribution >= 4 is 5.78 Å². The maximum absolute atomic E-state index is 12.5. The molecule has 0 amide bonds. The second kappa shape index (κ2) is 5.29. The first-order valence-electron chi connectivity index (χ1n) is 8.87. The summed E-state index contributed by atoms with van der Waals surface area (Å²) in [5.74, 6) is 0.471. The van der Waals surface area contributed by atoms with Gasteiger partial charge in [-0.15, -0.1) is 6.58 Å². The number of aliphatic hydroxyl groups is 2. The maximum atomic E-state index is 12.5. The van der Waals surface area contributed by atoms with Crippen molar-refractivity contribution in [1.29, 1.82) is 0 Å². The predicted octanol–water partition coefficient (Wildman–Crippen LogP) is 3.26. The number of fused-ring (bicyclic) bond motifs is 3. The zero-order valence-electron chi connectivity index (χ0n) is 14.6. The molecule has 3 rings (SSSR count). The van der Waals surface area contributed by atoms with Gasteiger partial charge < -0.3 is 10.2 Å². The number of hydrogen-bond donors (Lipinski definition) is 2. The number of hydrogen-bond acceptors (Lipinski definition) is 3. The Balaban J connectivity index is 2.03. The summed E-state index contributed by atoms with van der Waals surface area (Å²) in [7, 11) is 0. The minimum absolute atomic E-state index is 0.0630. The van der Waals surface area contributed by atoms with Crippen LogP contribution in [0.1, 0.15) is 52.9 Å². The van der Waals surface area contributed by atoms with Crippen LogP contribution in [-0.2, 0) is 4.79 Å². The van der Waals surface area contributed by atoms with Gasteiger partial charge in [0.1, 0.15) is 6.10 Å². The highest BCUT2D eigenvalue weighted by Gasteiger charge is 2.61. The van der Waals surface area contributed by atoms with Gasteiger partial charge in [0, 0.05) is 17.3 Å². The second-order valence-corrected chi connectivity index (χ2v) is 8.83. The van der Waals surface area contributed by atoms with Gasteiger partial charge in [-0.2, -0.15) is 0 Å². The summed E-state index contributed by atoms with van der Waals surface area (Å²) in [4.78, 5) is 12.5. The molecule has 2 N–H and O–H groups in total. The minimum atomic E-state index is -1.03. The average molecular weight is 318 g/mol. The summed E-state index contributed by atoms with van der Waals surface area (Å²) in [6.07, 6.45) is 7.88. The van der Waals surface area contributed by atoms with Crippen LogP contribution in [0.15, 0.2) is 24.3 Å². The molecule has 0 heterocycles.